The molecule has 0 aromatic heterocycles. The summed E-state index contributed by atoms with van der Waals surface area (Å²) in [5.74, 6) is -1.63. The summed E-state index contributed by atoms with van der Waals surface area (Å²) in [5.41, 5.74) is 5.24. The van der Waals surface area contributed by atoms with Crippen molar-refractivity contribution in [3.8, 4) is 11.1 Å². The van der Waals surface area contributed by atoms with E-state index in [9.17, 15) is 14.4 Å². The van der Waals surface area contributed by atoms with Crippen LogP contribution in [0.1, 0.15) is 27.4 Å². The van der Waals surface area contributed by atoms with Crippen LogP contribution in [0.2, 0.25) is 0 Å². The second-order valence-electron chi connectivity index (χ2n) is 8.01. The summed E-state index contributed by atoms with van der Waals surface area (Å²) in [5, 5.41) is 11.7. The lowest BCUT2D eigenvalue weighted by atomic mass is 9.98. The Morgan fingerprint density at radius 2 is 1.66 bits per heavy atom. The number of fused-ring (bicyclic) bond motifs is 3. The third-order valence-corrected chi connectivity index (χ3v) is 6.42. The molecule has 0 saturated heterocycles. The van der Waals surface area contributed by atoms with Gasteiger partial charge in [0.25, 0.3) is 5.91 Å². The van der Waals surface area contributed by atoms with Crippen LogP contribution >= 0.6 is 15.9 Å². The zero-order chi connectivity index (χ0) is 24.9. The predicted molar refractivity (Wildman–Crippen MR) is 137 cm³/mol. The molecule has 2 amide bonds. The maximum Gasteiger partial charge on any atom is 0.411 e. The zero-order valence-electron chi connectivity index (χ0n) is 18.7. The van der Waals surface area contributed by atoms with Gasteiger partial charge in [-0.1, -0.05) is 54.6 Å². The molecule has 1 aliphatic carbocycles. The number of amides is 2. The Bertz CT molecular complexity index is 1260. The van der Waals surface area contributed by atoms with E-state index in [1.807, 2.05) is 36.4 Å². The van der Waals surface area contributed by atoms with Gasteiger partial charge in [0.2, 0.25) is 0 Å². The Kier molecular flexibility index (Phi) is 7.31. The number of nitrogens with one attached hydrogen (secondary N) is 1. The van der Waals surface area contributed by atoms with E-state index < -0.39 is 24.5 Å². The monoisotopic (exact) mass is 534 g/mol. The number of hydrogen-bond acceptors (Lipinski definition) is 4. The van der Waals surface area contributed by atoms with Crippen LogP contribution in [-0.2, 0) is 9.53 Å². The van der Waals surface area contributed by atoms with Crippen LogP contribution in [0.5, 0.6) is 0 Å². The number of carboxylic acids is 1. The fraction of sp³-hybridized carbons (Fsp3) is 0.148. The smallest absolute Gasteiger partial charge is 0.411 e. The third-order valence-electron chi connectivity index (χ3n) is 5.76. The van der Waals surface area contributed by atoms with Crippen LogP contribution in [0.15, 0.2) is 83.9 Å². The lowest BCUT2D eigenvalue weighted by Crippen LogP contribution is -2.35. The van der Waals surface area contributed by atoms with Gasteiger partial charge in [-0.2, -0.15) is 0 Å². The van der Waals surface area contributed by atoms with Crippen LogP contribution in [0.25, 0.3) is 11.1 Å². The van der Waals surface area contributed by atoms with Crippen molar-refractivity contribution in [2.75, 3.05) is 25.0 Å². The molecule has 0 atom stereocenters. The van der Waals surface area contributed by atoms with E-state index in [1.54, 1.807) is 6.07 Å². The van der Waals surface area contributed by atoms with Crippen LogP contribution in [-0.4, -0.2) is 47.7 Å². The number of anilines is 1. The van der Waals surface area contributed by atoms with E-state index in [4.69, 9.17) is 9.84 Å². The lowest BCUT2D eigenvalue weighted by molar-refractivity contribution is -0.137. The van der Waals surface area contributed by atoms with Gasteiger partial charge in [-0.25, -0.2) is 4.79 Å². The minimum Gasteiger partial charge on any atom is -0.480 e. The number of rotatable bonds is 8. The maximum atomic E-state index is 12.7. The third kappa shape index (κ3) is 5.27. The number of carboxylic acid groups (broad SMARTS) is 1. The fourth-order valence-corrected chi connectivity index (χ4v) is 4.69. The molecule has 3 aromatic rings. The zero-order valence-corrected chi connectivity index (χ0v) is 20.3. The molecule has 4 rings (SSSR count). The normalized spacial score (nSPS) is 11.8. The van der Waals surface area contributed by atoms with Crippen LogP contribution in [0, 0.1) is 0 Å². The summed E-state index contributed by atoms with van der Waals surface area (Å²) in [6, 6.07) is 20.8. The van der Waals surface area contributed by atoms with Crippen molar-refractivity contribution in [2.45, 2.75) is 5.92 Å². The molecule has 0 heterocycles. The molecule has 0 saturated carbocycles. The van der Waals surface area contributed by atoms with Crippen molar-refractivity contribution in [2.24, 2.45) is 0 Å². The Balaban J connectivity index is 1.42. The van der Waals surface area contributed by atoms with Crippen molar-refractivity contribution in [1.29, 1.82) is 0 Å². The molecule has 7 nitrogen and oxygen atoms in total. The first-order chi connectivity index (χ1) is 16.9. The average Bonchev–Trinajstić information content (AvgIpc) is 3.17. The van der Waals surface area contributed by atoms with E-state index in [1.165, 1.54) is 18.2 Å². The predicted octanol–water partition coefficient (Wildman–Crippen LogP) is 5.52. The quantitative estimate of drug-likeness (QED) is 0.371. The molecule has 0 spiro atoms. The largest absolute Gasteiger partial charge is 0.480 e. The highest BCUT2D eigenvalue weighted by Gasteiger charge is 2.29. The molecule has 3 aromatic carbocycles. The highest BCUT2D eigenvalue weighted by molar-refractivity contribution is 9.10. The lowest BCUT2D eigenvalue weighted by Gasteiger charge is -2.19. The second kappa shape index (κ2) is 10.6. The summed E-state index contributed by atoms with van der Waals surface area (Å²) in [6.07, 6.45) is 0.842. The van der Waals surface area contributed by atoms with E-state index >= 15 is 0 Å². The highest BCUT2D eigenvalue weighted by Crippen LogP contribution is 2.44. The number of halogens is 1. The number of aliphatic carboxylic acids is 1. The highest BCUT2D eigenvalue weighted by atomic mass is 79.9. The fourth-order valence-electron chi connectivity index (χ4n) is 4.21. The molecule has 35 heavy (non-hydrogen) atoms. The van der Waals surface area contributed by atoms with Gasteiger partial charge >= 0.3 is 12.1 Å². The van der Waals surface area contributed by atoms with Gasteiger partial charge in [0.05, 0.1) is 5.69 Å². The Hall–Kier alpha value is -3.91. The molecule has 0 unspecified atom stereocenters. The summed E-state index contributed by atoms with van der Waals surface area (Å²) < 4.78 is 6.03. The van der Waals surface area contributed by atoms with Gasteiger partial charge in [-0.15, -0.1) is 6.58 Å². The van der Waals surface area contributed by atoms with Crippen molar-refractivity contribution < 1.29 is 24.2 Å². The number of carbonyl (C=O) groups excluding carboxylic acids is 2. The van der Waals surface area contributed by atoms with E-state index in [2.05, 4.69) is 40.0 Å². The summed E-state index contributed by atoms with van der Waals surface area (Å²) in [4.78, 5) is 37.5. The van der Waals surface area contributed by atoms with Crippen molar-refractivity contribution >= 4 is 39.6 Å². The van der Waals surface area contributed by atoms with Gasteiger partial charge in [-0.3, -0.25) is 14.9 Å². The molecule has 1 aliphatic rings. The molecular weight excluding hydrogens is 512 g/mol. The first-order valence-electron chi connectivity index (χ1n) is 10.9. The van der Waals surface area contributed by atoms with E-state index in [0.717, 1.165) is 27.2 Å². The van der Waals surface area contributed by atoms with Gasteiger partial charge < -0.3 is 14.7 Å². The molecule has 0 radical (unpaired) electrons. The summed E-state index contributed by atoms with van der Waals surface area (Å²) in [7, 11) is 0. The standard InChI is InChI=1S/C27H23BrN2O5/c1-2-13-30(15-25(31)32)26(33)17-11-12-24(23(28)14-17)29-27(34)35-16-22-20-9-5-3-7-18(20)19-8-4-6-10-21(19)22/h2-12,14,22H,1,13,15-16H2,(H,29,34)(H,31,32). The number of benzene rings is 3. The molecule has 0 aliphatic heterocycles. The SMILES string of the molecule is C=CCN(CC(=O)O)C(=O)c1ccc(NC(=O)OCC2c3ccccc3-c3ccccc32)c(Br)c1. The van der Waals surface area contributed by atoms with Crippen LogP contribution < -0.4 is 5.32 Å². The number of hydrogen-bond donors (Lipinski definition) is 2. The first-order valence-corrected chi connectivity index (χ1v) is 11.7. The molecule has 0 fully saturated rings. The Morgan fingerprint density at radius 1 is 1.03 bits per heavy atom. The van der Waals surface area contributed by atoms with Crippen LogP contribution in [0.3, 0.4) is 0 Å². The van der Waals surface area contributed by atoms with E-state index in [0.29, 0.717) is 10.2 Å². The van der Waals surface area contributed by atoms with Crippen molar-refractivity contribution in [1.82, 2.24) is 4.90 Å². The minimum atomic E-state index is -1.12. The van der Waals surface area contributed by atoms with Crippen molar-refractivity contribution in [3.63, 3.8) is 0 Å². The minimum absolute atomic E-state index is 0.0540. The van der Waals surface area contributed by atoms with Crippen molar-refractivity contribution in [3.05, 3.63) is 101 Å². The molecule has 2 N–H and O–H groups in total. The average molecular weight is 535 g/mol. The Morgan fingerprint density at radius 3 is 2.23 bits per heavy atom. The topological polar surface area (TPSA) is 95.9 Å². The number of carbonyl (C=O) groups is 3. The molecule has 178 valence electrons. The second-order valence-corrected chi connectivity index (χ2v) is 8.87. The molecular formula is C27H23BrN2O5. The van der Waals surface area contributed by atoms with Gasteiger partial charge in [0.1, 0.15) is 13.2 Å². The van der Waals surface area contributed by atoms with Gasteiger partial charge in [0, 0.05) is 22.5 Å². The number of ether oxygens (including phenoxy) is 1. The van der Waals surface area contributed by atoms with Crippen LogP contribution in [0.4, 0.5) is 10.5 Å². The van der Waals surface area contributed by atoms with Gasteiger partial charge in [-0.05, 0) is 56.4 Å². The first kappa shape index (κ1) is 24.2. The molecule has 8 heteroatoms. The summed E-state index contributed by atoms with van der Waals surface area (Å²) >= 11 is 3.37. The van der Waals surface area contributed by atoms with E-state index in [-0.39, 0.29) is 24.6 Å². The Labute approximate surface area is 211 Å². The molecule has 0 bridgehead atoms. The number of nitrogens with zero attached hydrogens (tertiary/aromatic N) is 1. The maximum absolute atomic E-state index is 12.7. The summed E-state index contributed by atoms with van der Waals surface area (Å²) in [6.45, 7) is 3.40. The van der Waals surface area contributed by atoms with Gasteiger partial charge in [0.15, 0.2) is 0 Å².